The van der Waals surface area contributed by atoms with Crippen molar-refractivity contribution in [3.63, 3.8) is 0 Å². The quantitative estimate of drug-likeness (QED) is 0.357. The summed E-state index contributed by atoms with van der Waals surface area (Å²) in [6.07, 6.45) is 9.40. The Morgan fingerprint density at radius 3 is 2.77 bits per heavy atom. The molecule has 4 N–H and O–H groups in total. The van der Waals surface area contributed by atoms with E-state index in [1.54, 1.807) is 0 Å². The van der Waals surface area contributed by atoms with Crippen LogP contribution in [0.25, 0.3) is 21.9 Å². The van der Waals surface area contributed by atoms with Crippen LogP contribution in [0, 0.1) is 11.8 Å². The Bertz CT molecular complexity index is 1350. The Labute approximate surface area is 203 Å². The van der Waals surface area contributed by atoms with E-state index in [0.717, 1.165) is 47.9 Å². The highest BCUT2D eigenvalue weighted by Crippen LogP contribution is 2.40. The average Bonchev–Trinajstić information content (AvgIpc) is 3.54. The van der Waals surface area contributed by atoms with Crippen molar-refractivity contribution < 1.29 is 14.9 Å². The fraction of sp³-hybridized carbons (Fsp3) is 0.444. The molecule has 3 heterocycles. The van der Waals surface area contributed by atoms with Gasteiger partial charge in [0.25, 0.3) is 0 Å². The van der Waals surface area contributed by atoms with Crippen molar-refractivity contribution in [3.05, 3.63) is 54.6 Å². The first kappa shape index (κ1) is 22.2. The lowest BCUT2D eigenvalue weighted by atomic mass is 9.96. The van der Waals surface area contributed by atoms with Gasteiger partial charge in [-0.1, -0.05) is 6.07 Å². The van der Waals surface area contributed by atoms with Gasteiger partial charge in [-0.25, -0.2) is 9.97 Å². The van der Waals surface area contributed by atoms with E-state index < -0.39 is 12.2 Å². The summed E-state index contributed by atoms with van der Waals surface area (Å²) in [5, 5.41) is 23.4. The number of hydrogen-bond donors (Lipinski definition) is 3. The van der Waals surface area contributed by atoms with Gasteiger partial charge in [0.1, 0.15) is 29.6 Å². The monoisotopic (exact) mass is 473 g/mol. The molecule has 35 heavy (non-hydrogen) atoms. The third kappa shape index (κ3) is 4.32. The Morgan fingerprint density at radius 2 is 1.91 bits per heavy atom. The average molecular weight is 474 g/mol. The molecule has 0 saturated heterocycles. The minimum Gasteiger partial charge on any atom is -0.493 e. The van der Waals surface area contributed by atoms with E-state index in [9.17, 15) is 10.2 Å². The number of ether oxygens (including phenoxy) is 1. The zero-order valence-corrected chi connectivity index (χ0v) is 19.6. The first-order valence-electron chi connectivity index (χ1n) is 12.5. The number of nitrogens with zero attached hydrogens (tertiary/aromatic N) is 4. The van der Waals surface area contributed by atoms with Gasteiger partial charge < -0.3 is 25.3 Å². The standard InChI is InChI=1S/C27H31N5O3/c28-26-20-9-11-32(27(20)31-15-30-26)22-13-18(24(33)25(22)34)3-1-2-16-6-7-19-21(12-16)29-10-8-23(19)35-14-17-4-5-17/h6-12,15,17-18,22,24-25,33-34H,1-5,13-14H2,(H2,28,30,31)/t18?,22-,24-,25+/m1/s1. The maximum absolute atomic E-state index is 10.8. The van der Waals surface area contributed by atoms with Gasteiger partial charge >= 0.3 is 0 Å². The number of aromatic nitrogens is 4. The highest BCUT2D eigenvalue weighted by Gasteiger charge is 2.42. The van der Waals surface area contributed by atoms with Crippen LogP contribution in [0.4, 0.5) is 5.82 Å². The van der Waals surface area contributed by atoms with E-state index in [-0.39, 0.29) is 12.0 Å². The number of hydrogen-bond acceptors (Lipinski definition) is 7. The molecular formula is C27H31N5O3. The van der Waals surface area contributed by atoms with E-state index in [1.807, 2.05) is 29.1 Å². The maximum atomic E-state index is 10.8. The van der Waals surface area contributed by atoms with E-state index in [4.69, 9.17) is 10.5 Å². The van der Waals surface area contributed by atoms with Gasteiger partial charge in [0.05, 0.1) is 29.7 Å². The molecule has 2 saturated carbocycles. The van der Waals surface area contributed by atoms with Crippen molar-refractivity contribution >= 4 is 27.8 Å². The summed E-state index contributed by atoms with van der Waals surface area (Å²) in [5.41, 5.74) is 8.83. The first-order chi connectivity index (χ1) is 17.1. The number of fused-ring (bicyclic) bond motifs is 2. The Hall–Kier alpha value is -3.23. The molecule has 0 bridgehead atoms. The van der Waals surface area contributed by atoms with Crippen LogP contribution in [0.3, 0.4) is 0 Å². The number of nitrogens with two attached hydrogens (primary N) is 1. The molecular weight excluding hydrogens is 442 g/mol. The molecule has 8 nitrogen and oxygen atoms in total. The summed E-state index contributed by atoms with van der Waals surface area (Å²) in [7, 11) is 0. The molecule has 2 fully saturated rings. The summed E-state index contributed by atoms with van der Waals surface area (Å²) in [6.45, 7) is 0.788. The third-order valence-corrected chi connectivity index (χ3v) is 7.65. The van der Waals surface area contributed by atoms with E-state index in [2.05, 4.69) is 33.2 Å². The highest BCUT2D eigenvalue weighted by molar-refractivity contribution is 5.86. The Morgan fingerprint density at radius 1 is 1.03 bits per heavy atom. The fourth-order valence-electron chi connectivity index (χ4n) is 5.43. The second kappa shape index (κ2) is 9.09. The molecule has 4 atom stereocenters. The lowest BCUT2D eigenvalue weighted by molar-refractivity contribution is 0.00511. The molecule has 4 aromatic rings. The lowest BCUT2D eigenvalue weighted by Crippen LogP contribution is -2.29. The number of benzene rings is 1. The van der Waals surface area contributed by atoms with Crippen LogP contribution >= 0.6 is 0 Å². The van der Waals surface area contributed by atoms with Crippen LogP contribution in [0.5, 0.6) is 5.75 Å². The molecule has 0 radical (unpaired) electrons. The number of anilines is 1. The molecule has 1 aromatic carbocycles. The topological polar surface area (TPSA) is 119 Å². The Kier molecular flexibility index (Phi) is 5.78. The van der Waals surface area contributed by atoms with Crippen molar-refractivity contribution in [2.24, 2.45) is 11.8 Å². The van der Waals surface area contributed by atoms with Crippen LogP contribution in [-0.4, -0.2) is 48.5 Å². The summed E-state index contributed by atoms with van der Waals surface area (Å²) in [6, 6.07) is 9.97. The van der Waals surface area contributed by atoms with E-state index >= 15 is 0 Å². The van der Waals surface area contributed by atoms with Crippen LogP contribution < -0.4 is 10.5 Å². The first-order valence-corrected chi connectivity index (χ1v) is 12.5. The van der Waals surface area contributed by atoms with Crippen LogP contribution in [0.1, 0.15) is 43.7 Å². The minimum atomic E-state index is -0.842. The maximum Gasteiger partial charge on any atom is 0.145 e. The van der Waals surface area contributed by atoms with E-state index in [0.29, 0.717) is 23.8 Å². The third-order valence-electron chi connectivity index (χ3n) is 7.65. The van der Waals surface area contributed by atoms with Crippen molar-refractivity contribution in [1.29, 1.82) is 0 Å². The number of rotatable bonds is 8. The molecule has 1 unspecified atom stereocenters. The second-order valence-corrected chi connectivity index (χ2v) is 10.1. The number of pyridine rings is 1. The molecule has 3 aromatic heterocycles. The van der Waals surface area contributed by atoms with Crippen molar-refractivity contribution in [2.45, 2.75) is 56.8 Å². The van der Waals surface area contributed by atoms with Crippen LogP contribution in [-0.2, 0) is 6.42 Å². The van der Waals surface area contributed by atoms with Crippen molar-refractivity contribution in [2.75, 3.05) is 12.3 Å². The van der Waals surface area contributed by atoms with Gasteiger partial charge in [-0.3, -0.25) is 4.98 Å². The highest BCUT2D eigenvalue weighted by atomic mass is 16.5. The van der Waals surface area contributed by atoms with Gasteiger partial charge in [-0.15, -0.1) is 0 Å². The number of aryl methyl sites for hydroxylation is 1. The number of aliphatic hydroxyl groups excluding tert-OH is 2. The van der Waals surface area contributed by atoms with Gasteiger partial charge in [0, 0.05) is 17.8 Å². The largest absolute Gasteiger partial charge is 0.493 e. The molecule has 182 valence electrons. The molecule has 0 amide bonds. The number of nitrogen functional groups attached to an aromatic ring is 1. The SMILES string of the molecule is Nc1ncnc2c1ccn2[C@@H]1CC(CCCc2ccc3c(OCC4CC4)ccnc3c2)[C@@H](O)[C@H]1O. The minimum absolute atomic E-state index is 0.0210. The predicted octanol–water partition coefficient (Wildman–Crippen LogP) is 3.66. The molecule has 0 aliphatic heterocycles. The lowest BCUT2D eigenvalue weighted by Gasteiger charge is -2.19. The van der Waals surface area contributed by atoms with Gasteiger partial charge in [-0.05, 0) is 80.2 Å². The Balaban J connectivity index is 1.10. The molecule has 2 aliphatic carbocycles. The zero-order chi connectivity index (χ0) is 23.9. The van der Waals surface area contributed by atoms with Crippen LogP contribution in [0.15, 0.2) is 49.1 Å². The normalized spacial score (nSPS) is 24.4. The second-order valence-electron chi connectivity index (χ2n) is 10.1. The van der Waals surface area contributed by atoms with Gasteiger partial charge in [0.15, 0.2) is 0 Å². The molecule has 0 spiro atoms. The predicted molar refractivity (Wildman–Crippen MR) is 134 cm³/mol. The molecule has 2 aliphatic rings. The molecule has 8 heteroatoms. The summed E-state index contributed by atoms with van der Waals surface area (Å²) in [4.78, 5) is 12.9. The van der Waals surface area contributed by atoms with E-state index in [1.165, 1.54) is 24.7 Å². The summed E-state index contributed by atoms with van der Waals surface area (Å²) < 4.78 is 7.95. The fourth-order valence-corrected chi connectivity index (χ4v) is 5.43. The smallest absolute Gasteiger partial charge is 0.145 e. The van der Waals surface area contributed by atoms with Gasteiger partial charge in [-0.2, -0.15) is 0 Å². The van der Waals surface area contributed by atoms with Crippen molar-refractivity contribution in [3.8, 4) is 5.75 Å². The van der Waals surface area contributed by atoms with Crippen molar-refractivity contribution in [1.82, 2.24) is 19.5 Å². The molecule has 6 rings (SSSR count). The van der Waals surface area contributed by atoms with Gasteiger partial charge in [0.2, 0.25) is 0 Å². The number of aliphatic hydroxyl groups is 2. The summed E-state index contributed by atoms with van der Waals surface area (Å²) >= 11 is 0. The zero-order valence-electron chi connectivity index (χ0n) is 19.6. The summed E-state index contributed by atoms with van der Waals surface area (Å²) in [5.74, 6) is 2.06. The van der Waals surface area contributed by atoms with Crippen LogP contribution in [0.2, 0.25) is 0 Å².